The Morgan fingerprint density at radius 2 is 1.91 bits per heavy atom. The number of halogens is 1. The maximum atomic E-state index is 12.9. The van der Waals surface area contributed by atoms with Crippen LogP contribution >= 0.6 is 11.6 Å². The molecule has 23 heavy (non-hydrogen) atoms. The standard InChI is InChI=1S/C20H20ClNO/c1-3-4-10-16(14-8-7-9-15(21)13-14)19-17-11-5-6-12-18(17)22(2)20(19)23/h5-9,11-13H,3-4,10H2,1-2H3/b19-16-. The molecular formula is C20H20ClNO. The van der Waals surface area contributed by atoms with Gasteiger partial charge in [-0.2, -0.15) is 0 Å². The molecule has 0 fully saturated rings. The fourth-order valence-electron chi connectivity index (χ4n) is 3.10. The molecule has 1 aliphatic rings. The lowest BCUT2D eigenvalue weighted by molar-refractivity contribution is -0.112. The van der Waals surface area contributed by atoms with Crippen molar-refractivity contribution in [1.82, 2.24) is 0 Å². The van der Waals surface area contributed by atoms with Gasteiger partial charge in [-0.3, -0.25) is 4.79 Å². The van der Waals surface area contributed by atoms with E-state index in [1.807, 2.05) is 55.6 Å². The second-order valence-corrected chi connectivity index (χ2v) is 6.29. The smallest absolute Gasteiger partial charge is 0.259 e. The molecule has 0 atom stereocenters. The molecule has 0 saturated carbocycles. The molecule has 0 saturated heterocycles. The molecule has 2 aromatic carbocycles. The van der Waals surface area contributed by atoms with E-state index in [1.165, 1.54) is 0 Å². The zero-order valence-corrected chi connectivity index (χ0v) is 14.2. The number of nitrogens with zero attached hydrogens (tertiary/aromatic N) is 1. The quantitative estimate of drug-likeness (QED) is 0.687. The van der Waals surface area contributed by atoms with Gasteiger partial charge in [-0.1, -0.05) is 55.3 Å². The summed E-state index contributed by atoms with van der Waals surface area (Å²) in [6, 6.07) is 15.8. The zero-order valence-electron chi connectivity index (χ0n) is 13.5. The molecule has 0 radical (unpaired) electrons. The van der Waals surface area contributed by atoms with Gasteiger partial charge < -0.3 is 4.90 Å². The fraction of sp³-hybridized carbons (Fsp3) is 0.250. The van der Waals surface area contributed by atoms with Gasteiger partial charge in [0.05, 0.1) is 11.3 Å². The second-order valence-electron chi connectivity index (χ2n) is 5.85. The van der Waals surface area contributed by atoms with Crippen molar-refractivity contribution in [2.75, 3.05) is 11.9 Å². The van der Waals surface area contributed by atoms with Crippen LogP contribution < -0.4 is 4.90 Å². The summed E-state index contributed by atoms with van der Waals surface area (Å²) in [6.07, 6.45) is 3.01. The topological polar surface area (TPSA) is 20.3 Å². The van der Waals surface area contributed by atoms with E-state index in [0.717, 1.165) is 47.2 Å². The first kappa shape index (κ1) is 15.8. The van der Waals surface area contributed by atoms with Crippen LogP contribution in [0.4, 0.5) is 5.69 Å². The number of amides is 1. The summed E-state index contributed by atoms with van der Waals surface area (Å²) in [4.78, 5) is 14.6. The number of para-hydroxylation sites is 1. The Hall–Kier alpha value is -2.06. The zero-order chi connectivity index (χ0) is 16.4. The van der Waals surface area contributed by atoms with Crippen molar-refractivity contribution in [3.63, 3.8) is 0 Å². The highest BCUT2D eigenvalue weighted by Gasteiger charge is 2.31. The molecular weight excluding hydrogens is 306 g/mol. The Labute approximate surface area is 142 Å². The van der Waals surface area contributed by atoms with Gasteiger partial charge in [0.1, 0.15) is 0 Å². The minimum absolute atomic E-state index is 0.0669. The maximum Gasteiger partial charge on any atom is 0.259 e. The molecule has 3 rings (SSSR count). The second kappa shape index (κ2) is 6.59. The molecule has 2 nitrogen and oxygen atoms in total. The van der Waals surface area contributed by atoms with Crippen LogP contribution in [0.2, 0.25) is 5.02 Å². The summed E-state index contributed by atoms with van der Waals surface area (Å²) in [5, 5.41) is 0.698. The number of carbonyl (C=O) groups excluding carboxylic acids is 1. The lowest BCUT2D eigenvalue weighted by Gasteiger charge is -2.12. The lowest BCUT2D eigenvalue weighted by Crippen LogP contribution is -2.20. The summed E-state index contributed by atoms with van der Waals surface area (Å²) in [5.41, 5.74) is 4.95. The Balaban J connectivity index is 2.22. The molecule has 0 N–H and O–H groups in total. The van der Waals surface area contributed by atoms with Crippen molar-refractivity contribution in [1.29, 1.82) is 0 Å². The molecule has 0 unspecified atom stereocenters. The lowest BCUT2D eigenvalue weighted by atomic mass is 9.92. The highest BCUT2D eigenvalue weighted by Crippen LogP contribution is 2.41. The third-order valence-corrected chi connectivity index (χ3v) is 4.54. The Kier molecular flexibility index (Phi) is 4.53. The van der Waals surface area contributed by atoms with Gasteiger partial charge in [-0.25, -0.2) is 0 Å². The SMILES string of the molecule is CCCC/C(=C1/C(=O)N(C)c2ccccc21)c1cccc(Cl)c1. The molecule has 118 valence electrons. The molecule has 0 spiro atoms. The molecule has 1 amide bonds. The minimum Gasteiger partial charge on any atom is -0.311 e. The number of likely N-dealkylation sites (N-methyl/N-ethyl adjacent to an activating group) is 1. The third kappa shape index (κ3) is 2.91. The summed E-state index contributed by atoms with van der Waals surface area (Å²) in [6.45, 7) is 2.16. The predicted molar refractivity (Wildman–Crippen MR) is 97.6 cm³/mol. The number of hydrogen-bond acceptors (Lipinski definition) is 1. The van der Waals surface area contributed by atoms with Gasteiger partial charge in [0, 0.05) is 17.6 Å². The summed E-state index contributed by atoms with van der Waals surface area (Å²) in [7, 11) is 1.84. The number of hydrogen-bond donors (Lipinski definition) is 0. The third-order valence-electron chi connectivity index (χ3n) is 4.31. The highest BCUT2D eigenvalue weighted by atomic mass is 35.5. The van der Waals surface area contributed by atoms with Crippen molar-refractivity contribution < 1.29 is 4.79 Å². The summed E-state index contributed by atoms with van der Waals surface area (Å²) >= 11 is 6.18. The van der Waals surface area contributed by atoms with Crippen LogP contribution in [0.5, 0.6) is 0 Å². The Bertz CT molecular complexity index is 779. The van der Waals surface area contributed by atoms with Crippen molar-refractivity contribution in [3.8, 4) is 0 Å². The number of carbonyl (C=O) groups is 1. The van der Waals surface area contributed by atoms with Crippen molar-refractivity contribution >= 4 is 34.3 Å². The predicted octanol–water partition coefficient (Wildman–Crippen LogP) is 5.42. The van der Waals surface area contributed by atoms with Gasteiger partial charge in [0.25, 0.3) is 5.91 Å². The number of anilines is 1. The van der Waals surface area contributed by atoms with E-state index in [4.69, 9.17) is 11.6 Å². The van der Waals surface area contributed by atoms with Gasteiger partial charge in [-0.15, -0.1) is 0 Å². The van der Waals surface area contributed by atoms with Crippen LogP contribution in [0.15, 0.2) is 48.5 Å². The molecule has 1 heterocycles. The number of rotatable bonds is 4. The number of allylic oxidation sites excluding steroid dienone is 1. The van der Waals surface area contributed by atoms with E-state index in [9.17, 15) is 4.79 Å². The largest absolute Gasteiger partial charge is 0.311 e. The maximum absolute atomic E-state index is 12.9. The van der Waals surface area contributed by atoms with Crippen molar-refractivity contribution in [2.45, 2.75) is 26.2 Å². The van der Waals surface area contributed by atoms with Crippen LogP contribution in [-0.2, 0) is 4.79 Å². The van der Waals surface area contributed by atoms with Gasteiger partial charge in [0.15, 0.2) is 0 Å². The van der Waals surface area contributed by atoms with Crippen LogP contribution in [0.1, 0.15) is 37.3 Å². The van der Waals surface area contributed by atoms with Crippen molar-refractivity contribution in [3.05, 3.63) is 64.7 Å². The van der Waals surface area contributed by atoms with Crippen LogP contribution in [0, 0.1) is 0 Å². The molecule has 2 aromatic rings. The molecule has 0 aliphatic carbocycles. The summed E-state index contributed by atoms with van der Waals surface area (Å²) in [5.74, 6) is 0.0669. The summed E-state index contributed by atoms with van der Waals surface area (Å²) < 4.78 is 0. The number of benzene rings is 2. The van der Waals surface area contributed by atoms with E-state index in [2.05, 4.69) is 6.92 Å². The van der Waals surface area contributed by atoms with Gasteiger partial charge in [0.2, 0.25) is 0 Å². The first-order valence-electron chi connectivity index (χ1n) is 8.00. The van der Waals surface area contributed by atoms with E-state index >= 15 is 0 Å². The Morgan fingerprint density at radius 3 is 2.65 bits per heavy atom. The Morgan fingerprint density at radius 1 is 1.13 bits per heavy atom. The van der Waals surface area contributed by atoms with E-state index in [0.29, 0.717) is 5.02 Å². The molecule has 0 bridgehead atoms. The number of fused-ring (bicyclic) bond motifs is 1. The first-order chi connectivity index (χ1) is 11.1. The minimum atomic E-state index is 0.0669. The van der Waals surface area contributed by atoms with Crippen LogP contribution in [0.25, 0.3) is 11.1 Å². The molecule has 1 aliphatic heterocycles. The van der Waals surface area contributed by atoms with Gasteiger partial charge >= 0.3 is 0 Å². The van der Waals surface area contributed by atoms with E-state index in [1.54, 1.807) is 4.90 Å². The first-order valence-corrected chi connectivity index (χ1v) is 8.37. The van der Waals surface area contributed by atoms with Crippen molar-refractivity contribution in [2.24, 2.45) is 0 Å². The fourth-order valence-corrected chi connectivity index (χ4v) is 3.30. The van der Waals surface area contributed by atoms with E-state index in [-0.39, 0.29) is 5.91 Å². The number of unbranched alkanes of at least 4 members (excludes halogenated alkanes) is 1. The average molecular weight is 326 g/mol. The van der Waals surface area contributed by atoms with Crippen LogP contribution in [0.3, 0.4) is 0 Å². The van der Waals surface area contributed by atoms with E-state index < -0.39 is 0 Å². The normalized spacial score (nSPS) is 15.8. The molecule has 0 aromatic heterocycles. The molecule has 3 heteroatoms. The van der Waals surface area contributed by atoms with Gasteiger partial charge in [-0.05, 0) is 42.2 Å². The highest BCUT2D eigenvalue weighted by molar-refractivity contribution is 6.37. The average Bonchev–Trinajstić information content (AvgIpc) is 2.81. The monoisotopic (exact) mass is 325 g/mol. The van der Waals surface area contributed by atoms with Crippen LogP contribution in [-0.4, -0.2) is 13.0 Å².